The molecule has 2 heterocycles. The third-order valence-corrected chi connectivity index (χ3v) is 5.28. The van der Waals surface area contributed by atoms with E-state index in [1.54, 1.807) is 20.3 Å². The standard InChI is InChI=1S/C22H23N3O4/c1-13-6-5-7-14(2)20(13)25-12-15(10-19(25)26)21-23-22(29-24-21)17-9-8-16(27-3)11-18(17)28-4/h5-9,11,15H,10,12H2,1-4H3. The van der Waals surface area contributed by atoms with E-state index in [0.29, 0.717) is 41.7 Å². The molecule has 0 saturated carbocycles. The maximum absolute atomic E-state index is 12.7. The van der Waals surface area contributed by atoms with Crippen molar-refractivity contribution in [1.82, 2.24) is 10.1 Å². The lowest BCUT2D eigenvalue weighted by Gasteiger charge is -2.21. The lowest BCUT2D eigenvalue weighted by molar-refractivity contribution is -0.117. The van der Waals surface area contributed by atoms with E-state index >= 15 is 0 Å². The number of amides is 1. The van der Waals surface area contributed by atoms with Crippen molar-refractivity contribution in [1.29, 1.82) is 0 Å². The van der Waals surface area contributed by atoms with Gasteiger partial charge in [0.25, 0.3) is 5.89 Å². The second kappa shape index (κ2) is 7.58. The number of rotatable bonds is 5. The Morgan fingerprint density at radius 2 is 1.86 bits per heavy atom. The minimum atomic E-state index is -0.122. The average Bonchev–Trinajstić information content (AvgIpc) is 3.35. The summed E-state index contributed by atoms with van der Waals surface area (Å²) < 4.78 is 16.1. The molecule has 0 spiro atoms. The molecule has 3 aromatic rings. The summed E-state index contributed by atoms with van der Waals surface area (Å²) in [5.41, 5.74) is 3.81. The summed E-state index contributed by atoms with van der Waals surface area (Å²) in [5.74, 6) is 2.09. The Labute approximate surface area is 169 Å². The number of nitrogens with zero attached hydrogens (tertiary/aromatic N) is 3. The minimum absolute atomic E-state index is 0.0702. The van der Waals surface area contributed by atoms with E-state index < -0.39 is 0 Å². The highest BCUT2D eigenvalue weighted by Gasteiger charge is 2.36. The van der Waals surface area contributed by atoms with Crippen LogP contribution in [-0.4, -0.2) is 36.8 Å². The monoisotopic (exact) mass is 393 g/mol. The van der Waals surface area contributed by atoms with Crippen LogP contribution in [0.15, 0.2) is 40.9 Å². The topological polar surface area (TPSA) is 77.7 Å². The van der Waals surface area contributed by atoms with Crippen LogP contribution in [0.5, 0.6) is 11.5 Å². The van der Waals surface area contributed by atoms with Crippen molar-refractivity contribution >= 4 is 11.6 Å². The van der Waals surface area contributed by atoms with Crippen LogP contribution >= 0.6 is 0 Å². The minimum Gasteiger partial charge on any atom is -0.497 e. The van der Waals surface area contributed by atoms with Gasteiger partial charge in [-0.1, -0.05) is 23.4 Å². The number of aromatic nitrogens is 2. The Bertz CT molecular complexity index is 1040. The lowest BCUT2D eigenvalue weighted by atomic mass is 10.1. The molecule has 2 aromatic carbocycles. The van der Waals surface area contributed by atoms with Crippen LogP contribution in [0, 0.1) is 13.8 Å². The summed E-state index contributed by atoms with van der Waals surface area (Å²) in [7, 11) is 3.17. The number of carbonyl (C=O) groups is 1. The third kappa shape index (κ3) is 3.44. The number of methoxy groups -OCH3 is 2. The first kappa shape index (κ1) is 19.0. The molecule has 1 atom stereocenters. The Morgan fingerprint density at radius 3 is 2.55 bits per heavy atom. The average molecular weight is 393 g/mol. The largest absolute Gasteiger partial charge is 0.497 e. The zero-order chi connectivity index (χ0) is 20.5. The van der Waals surface area contributed by atoms with Gasteiger partial charge in [-0.15, -0.1) is 0 Å². The van der Waals surface area contributed by atoms with Gasteiger partial charge in [0.05, 0.1) is 19.8 Å². The van der Waals surface area contributed by atoms with E-state index in [1.165, 1.54) is 0 Å². The number of hydrogen-bond acceptors (Lipinski definition) is 6. The van der Waals surface area contributed by atoms with Gasteiger partial charge in [0.15, 0.2) is 5.82 Å². The summed E-state index contributed by atoms with van der Waals surface area (Å²) in [6, 6.07) is 11.4. The van der Waals surface area contributed by atoms with Crippen LogP contribution < -0.4 is 14.4 Å². The van der Waals surface area contributed by atoms with Crippen LogP contribution in [0.3, 0.4) is 0 Å². The van der Waals surface area contributed by atoms with Crippen molar-refractivity contribution in [3.8, 4) is 23.0 Å². The first-order chi connectivity index (χ1) is 14.0. The molecule has 7 nitrogen and oxygen atoms in total. The van der Waals surface area contributed by atoms with E-state index in [1.807, 2.05) is 49.1 Å². The number of anilines is 1. The third-order valence-electron chi connectivity index (χ3n) is 5.28. The van der Waals surface area contributed by atoms with Gasteiger partial charge >= 0.3 is 0 Å². The smallest absolute Gasteiger partial charge is 0.261 e. The highest BCUT2D eigenvalue weighted by atomic mass is 16.5. The SMILES string of the molecule is COc1ccc(-c2nc(C3CC(=O)N(c4c(C)cccc4C)C3)no2)c(OC)c1. The van der Waals surface area contributed by atoms with Crippen molar-refractivity contribution in [2.45, 2.75) is 26.2 Å². The number of hydrogen-bond donors (Lipinski definition) is 0. The highest BCUT2D eigenvalue weighted by Crippen LogP contribution is 2.36. The zero-order valence-electron chi connectivity index (χ0n) is 16.9. The molecule has 7 heteroatoms. The second-order valence-electron chi connectivity index (χ2n) is 7.17. The van der Waals surface area contributed by atoms with Crippen molar-refractivity contribution in [3.05, 3.63) is 53.3 Å². The lowest BCUT2D eigenvalue weighted by Crippen LogP contribution is -2.26. The summed E-state index contributed by atoms with van der Waals surface area (Å²) in [5, 5.41) is 4.15. The van der Waals surface area contributed by atoms with Crippen molar-refractivity contribution in [2.75, 3.05) is 25.7 Å². The van der Waals surface area contributed by atoms with E-state index in [2.05, 4.69) is 10.1 Å². The maximum atomic E-state index is 12.7. The van der Waals surface area contributed by atoms with Crippen molar-refractivity contribution in [2.24, 2.45) is 0 Å². The molecule has 0 bridgehead atoms. The molecule has 4 rings (SSSR count). The molecule has 1 aliphatic rings. The highest BCUT2D eigenvalue weighted by molar-refractivity contribution is 5.97. The number of para-hydroxylation sites is 1. The van der Waals surface area contributed by atoms with E-state index in [0.717, 1.165) is 16.8 Å². The molecule has 29 heavy (non-hydrogen) atoms. The molecular formula is C22H23N3O4. The molecule has 1 amide bonds. The number of aryl methyl sites for hydroxylation is 2. The van der Waals surface area contributed by atoms with Gasteiger partial charge in [-0.25, -0.2) is 0 Å². The summed E-state index contributed by atoms with van der Waals surface area (Å²) in [6.45, 7) is 4.57. The van der Waals surface area contributed by atoms with Gasteiger partial charge in [-0.2, -0.15) is 4.98 Å². The number of ether oxygens (including phenoxy) is 2. The van der Waals surface area contributed by atoms with Gasteiger partial charge in [-0.3, -0.25) is 4.79 Å². The molecular weight excluding hydrogens is 370 g/mol. The Hall–Kier alpha value is -3.35. The van der Waals surface area contributed by atoms with E-state index in [-0.39, 0.29) is 11.8 Å². The van der Waals surface area contributed by atoms with Gasteiger partial charge < -0.3 is 18.9 Å². The van der Waals surface area contributed by atoms with E-state index in [9.17, 15) is 4.79 Å². The van der Waals surface area contributed by atoms with Gasteiger partial charge in [-0.05, 0) is 37.1 Å². The molecule has 1 fully saturated rings. The number of carbonyl (C=O) groups excluding carboxylic acids is 1. The van der Waals surface area contributed by atoms with Crippen LogP contribution in [0.25, 0.3) is 11.5 Å². The van der Waals surface area contributed by atoms with Crippen LogP contribution in [0.2, 0.25) is 0 Å². The predicted molar refractivity (Wildman–Crippen MR) is 108 cm³/mol. The fourth-order valence-corrected chi connectivity index (χ4v) is 3.81. The molecule has 0 N–H and O–H groups in total. The van der Waals surface area contributed by atoms with Crippen molar-refractivity contribution in [3.63, 3.8) is 0 Å². The van der Waals surface area contributed by atoms with Gasteiger partial charge in [0.1, 0.15) is 11.5 Å². The fraction of sp³-hybridized carbons (Fsp3) is 0.318. The fourth-order valence-electron chi connectivity index (χ4n) is 3.81. The molecule has 0 radical (unpaired) electrons. The molecule has 1 saturated heterocycles. The van der Waals surface area contributed by atoms with E-state index in [4.69, 9.17) is 14.0 Å². The zero-order valence-corrected chi connectivity index (χ0v) is 16.9. The molecule has 1 aromatic heterocycles. The maximum Gasteiger partial charge on any atom is 0.261 e. The number of benzene rings is 2. The van der Waals surface area contributed by atoms with Crippen LogP contribution in [0.1, 0.15) is 29.3 Å². The first-order valence-corrected chi connectivity index (χ1v) is 9.44. The molecule has 0 aliphatic carbocycles. The Morgan fingerprint density at radius 1 is 1.10 bits per heavy atom. The van der Waals surface area contributed by atoms with Gasteiger partial charge in [0.2, 0.25) is 5.91 Å². The first-order valence-electron chi connectivity index (χ1n) is 9.44. The summed E-state index contributed by atoms with van der Waals surface area (Å²) >= 11 is 0. The second-order valence-corrected chi connectivity index (χ2v) is 7.17. The summed E-state index contributed by atoms with van der Waals surface area (Å²) in [4.78, 5) is 19.1. The quantitative estimate of drug-likeness (QED) is 0.654. The van der Waals surface area contributed by atoms with Crippen molar-refractivity contribution < 1.29 is 18.8 Å². The molecule has 1 aliphatic heterocycles. The molecule has 1 unspecified atom stereocenters. The van der Waals surface area contributed by atoms with Gasteiger partial charge in [0, 0.05) is 30.6 Å². The normalized spacial score (nSPS) is 16.3. The van der Waals surface area contributed by atoms with Crippen LogP contribution in [0.4, 0.5) is 5.69 Å². The summed E-state index contributed by atoms with van der Waals surface area (Å²) in [6.07, 6.45) is 0.354. The Kier molecular flexibility index (Phi) is 4.96. The predicted octanol–water partition coefficient (Wildman–Crippen LogP) is 3.89. The Balaban J connectivity index is 1.61. The molecule has 150 valence electrons. The van der Waals surface area contributed by atoms with Crippen LogP contribution in [-0.2, 0) is 4.79 Å².